The number of nitrogens with zero attached hydrogens (tertiary/aromatic N) is 1. The lowest BCUT2D eigenvalue weighted by Gasteiger charge is -2.65. The summed E-state index contributed by atoms with van der Waals surface area (Å²) in [6, 6.07) is 13.6. The van der Waals surface area contributed by atoms with Crippen molar-refractivity contribution in [2.24, 2.45) is 33.7 Å². The third kappa shape index (κ3) is 5.34. The highest BCUT2D eigenvalue weighted by Gasteiger charge is 2.71. The maximum absolute atomic E-state index is 13.3. The van der Waals surface area contributed by atoms with E-state index in [1.165, 1.54) is 0 Å². The number of aliphatic hydroxyl groups is 3. The maximum atomic E-state index is 13.3. The third-order valence-corrected chi connectivity index (χ3v) is 13.1. The minimum Gasteiger partial charge on any atom is -0.458 e. The molecule has 10 nitrogen and oxygen atoms in total. The lowest BCUT2D eigenvalue weighted by molar-refractivity contribution is -0.237. The quantitative estimate of drug-likeness (QED) is 0.157. The SMILES string of the molecule is C[C@]12CC[C@H]3[C@@H](CC[C@]4(O)C[C@H](O)CC[C@]34/C=N/NC(=O)c3cccc(NC(=O)c4cccc(Br)c4)c3)[C@@]1(O)CC[C@H]2C1=CC(=O)OC1. The van der Waals surface area contributed by atoms with E-state index in [0.29, 0.717) is 55.3 Å². The van der Waals surface area contributed by atoms with E-state index in [1.807, 2.05) is 6.07 Å². The Morgan fingerprint density at radius 2 is 1.71 bits per heavy atom. The van der Waals surface area contributed by atoms with Crippen LogP contribution in [0, 0.1) is 28.6 Å². The molecule has 254 valence electrons. The first-order valence-corrected chi connectivity index (χ1v) is 17.7. The molecule has 0 unspecified atom stereocenters. The Bertz CT molecular complexity index is 1710. The van der Waals surface area contributed by atoms with Crippen molar-refractivity contribution in [1.82, 2.24) is 5.43 Å². The van der Waals surface area contributed by atoms with Gasteiger partial charge in [0, 0.05) is 50.8 Å². The number of esters is 1. The van der Waals surface area contributed by atoms with Crippen LogP contribution in [0.4, 0.5) is 5.69 Å². The number of anilines is 1. The molecular weight excluding hydrogens is 678 g/mol. The average Bonchev–Trinajstić information content (AvgIpc) is 3.60. The summed E-state index contributed by atoms with van der Waals surface area (Å²) in [5.41, 5.74) is 1.29. The molecule has 0 spiro atoms. The third-order valence-electron chi connectivity index (χ3n) is 12.6. The van der Waals surface area contributed by atoms with E-state index in [0.717, 1.165) is 22.9 Å². The van der Waals surface area contributed by atoms with Gasteiger partial charge >= 0.3 is 5.97 Å². The van der Waals surface area contributed by atoms with Gasteiger partial charge in [-0.2, -0.15) is 5.10 Å². The molecule has 0 bridgehead atoms. The first kappa shape index (κ1) is 33.1. The summed E-state index contributed by atoms with van der Waals surface area (Å²) < 4.78 is 6.03. The van der Waals surface area contributed by atoms with Crippen LogP contribution in [0.3, 0.4) is 0 Å². The van der Waals surface area contributed by atoms with E-state index < -0.39 is 34.0 Å². The van der Waals surface area contributed by atoms with Gasteiger partial charge in [0.15, 0.2) is 0 Å². The van der Waals surface area contributed by atoms with Crippen LogP contribution in [0.1, 0.15) is 85.4 Å². The van der Waals surface area contributed by atoms with Crippen molar-refractivity contribution >= 4 is 45.6 Å². The molecule has 4 aliphatic carbocycles. The molecule has 1 aliphatic heterocycles. The minimum absolute atomic E-state index is 0.0444. The summed E-state index contributed by atoms with van der Waals surface area (Å²) in [6.45, 7) is 2.42. The fourth-order valence-corrected chi connectivity index (χ4v) is 10.6. The van der Waals surface area contributed by atoms with Crippen LogP contribution < -0.4 is 10.7 Å². The van der Waals surface area contributed by atoms with Crippen molar-refractivity contribution in [2.45, 2.75) is 82.0 Å². The van der Waals surface area contributed by atoms with Crippen molar-refractivity contribution in [1.29, 1.82) is 0 Å². The lowest BCUT2D eigenvalue weighted by Crippen LogP contribution is -2.68. The molecule has 1 heterocycles. The standard InChI is InChI=1S/C37H42BrN3O7/c1-34-12-9-29-30(37(34,47)15-11-28(34)24-18-31(43)48-20-24)10-14-36(46)19-27(42)8-13-35(29,36)21-39-41-33(45)23-5-3-7-26(17-23)40-32(44)22-4-2-6-25(38)16-22/h2-7,16-18,21,27-30,42,46-47H,8-15,19-20H2,1H3,(H,40,44)(H,41,45)/b39-21+/t27-,28+,29+,30-,34-,35+,36+,37+/m1/s1. The molecule has 2 aromatic carbocycles. The largest absolute Gasteiger partial charge is 0.458 e. The van der Waals surface area contributed by atoms with Crippen molar-refractivity contribution in [3.8, 4) is 0 Å². The number of rotatable bonds is 6. The van der Waals surface area contributed by atoms with Gasteiger partial charge in [0.1, 0.15) is 6.61 Å². The topological polar surface area (TPSA) is 158 Å². The van der Waals surface area contributed by atoms with Crippen molar-refractivity contribution in [2.75, 3.05) is 11.9 Å². The average molecular weight is 721 g/mol. The van der Waals surface area contributed by atoms with Gasteiger partial charge < -0.3 is 25.4 Å². The zero-order valence-corrected chi connectivity index (χ0v) is 28.5. The van der Waals surface area contributed by atoms with Crippen LogP contribution in [0.25, 0.3) is 0 Å². The van der Waals surface area contributed by atoms with Crippen LogP contribution in [-0.4, -0.2) is 63.2 Å². The van der Waals surface area contributed by atoms with Gasteiger partial charge in [0.05, 0.1) is 17.3 Å². The van der Waals surface area contributed by atoms with Gasteiger partial charge in [-0.25, -0.2) is 10.2 Å². The zero-order valence-electron chi connectivity index (χ0n) is 27.0. The Labute approximate surface area is 288 Å². The van der Waals surface area contributed by atoms with Gasteiger partial charge in [-0.3, -0.25) is 9.59 Å². The predicted molar refractivity (Wildman–Crippen MR) is 182 cm³/mol. The van der Waals surface area contributed by atoms with Crippen molar-refractivity contribution in [3.63, 3.8) is 0 Å². The van der Waals surface area contributed by atoms with Crippen LogP contribution in [0.15, 0.2) is 69.8 Å². The molecule has 5 N–H and O–H groups in total. The molecule has 0 saturated heterocycles. The number of fused-ring (bicyclic) bond motifs is 5. The fourth-order valence-electron chi connectivity index (χ4n) is 10.2. The highest BCUT2D eigenvalue weighted by atomic mass is 79.9. The molecular formula is C37H42BrN3O7. The molecule has 7 rings (SSSR count). The summed E-state index contributed by atoms with van der Waals surface area (Å²) in [4.78, 5) is 38.0. The van der Waals surface area contributed by atoms with E-state index in [2.05, 4.69) is 38.7 Å². The van der Waals surface area contributed by atoms with E-state index in [9.17, 15) is 29.7 Å². The van der Waals surface area contributed by atoms with Gasteiger partial charge in [-0.15, -0.1) is 0 Å². The van der Waals surface area contributed by atoms with Gasteiger partial charge in [-0.05, 0) is 111 Å². The second kappa shape index (κ2) is 12.2. The normalized spacial score (nSPS) is 37.2. The summed E-state index contributed by atoms with van der Waals surface area (Å²) >= 11 is 3.38. The van der Waals surface area contributed by atoms with Crippen molar-refractivity contribution < 1.29 is 34.4 Å². The Morgan fingerprint density at radius 1 is 0.958 bits per heavy atom. The zero-order chi connectivity index (χ0) is 33.9. The number of benzene rings is 2. The van der Waals surface area contributed by atoms with Gasteiger partial charge in [0.2, 0.25) is 0 Å². The number of carbonyl (C=O) groups is 3. The summed E-state index contributed by atoms with van der Waals surface area (Å²) in [7, 11) is 0. The molecule has 4 fully saturated rings. The van der Waals surface area contributed by atoms with E-state index >= 15 is 0 Å². The number of cyclic esters (lactones) is 1. The van der Waals surface area contributed by atoms with Crippen LogP contribution >= 0.6 is 15.9 Å². The van der Waals surface area contributed by atoms with Crippen LogP contribution in [0.2, 0.25) is 0 Å². The Morgan fingerprint density at radius 3 is 2.46 bits per heavy atom. The number of carbonyl (C=O) groups excluding carboxylic acids is 3. The number of nitrogens with one attached hydrogen (secondary N) is 2. The molecule has 2 amide bonds. The number of ether oxygens (including phenoxy) is 1. The summed E-state index contributed by atoms with van der Waals surface area (Å²) in [6.07, 6.45) is 7.64. The number of hydrogen-bond donors (Lipinski definition) is 5. The molecule has 4 saturated carbocycles. The summed E-state index contributed by atoms with van der Waals surface area (Å²) in [5, 5.41) is 42.8. The van der Waals surface area contributed by atoms with Gasteiger partial charge in [-0.1, -0.05) is 35.0 Å². The maximum Gasteiger partial charge on any atom is 0.331 e. The van der Waals surface area contributed by atoms with Crippen LogP contribution in [-0.2, 0) is 9.53 Å². The molecule has 0 radical (unpaired) electrons. The second-order valence-corrected chi connectivity index (χ2v) is 15.7. The highest BCUT2D eigenvalue weighted by molar-refractivity contribution is 9.10. The lowest BCUT2D eigenvalue weighted by atomic mass is 9.41. The summed E-state index contributed by atoms with van der Waals surface area (Å²) in [5.74, 6) is -1.30. The number of amides is 2. The molecule has 2 aromatic rings. The Hall–Kier alpha value is -3.38. The predicted octanol–water partition coefficient (Wildman–Crippen LogP) is 5.13. The first-order valence-electron chi connectivity index (χ1n) is 16.9. The number of hydrogen-bond acceptors (Lipinski definition) is 8. The fraction of sp³-hybridized carbons (Fsp3) is 0.514. The van der Waals surface area contributed by atoms with E-state index in [-0.39, 0.29) is 42.7 Å². The van der Waals surface area contributed by atoms with Crippen molar-refractivity contribution in [3.05, 3.63) is 75.8 Å². The monoisotopic (exact) mass is 719 g/mol. The second-order valence-electron chi connectivity index (χ2n) is 14.8. The van der Waals surface area contributed by atoms with Gasteiger partial charge in [0.25, 0.3) is 11.8 Å². The molecule has 11 heteroatoms. The molecule has 5 aliphatic rings. The highest BCUT2D eigenvalue weighted by Crippen LogP contribution is 2.70. The molecule has 0 aromatic heterocycles. The van der Waals surface area contributed by atoms with E-state index in [1.54, 1.807) is 54.8 Å². The molecule has 48 heavy (non-hydrogen) atoms. The number of halogens is 1. The van der Waals surface area contributed by atoms with Crippen LogP contribution in [0.5, 0.6) is 0 Å². The Balaban J connectivity index is 1.12. The first-order chi connectivity index (χ1) is 22.9. The smallest absolute Gasteiger partial charge is 0.331 e. The van der Waals surface area contributed by atoms with E-state index in [4.69, 9.17) is 4.74 Å². The Kier molecular flexibility index (Phi) is 8.41. The molecule has 8 atom stereocenters. The number of aliphatic hydroxyl groups excluding tert-OH is 1. The minimum atomic E-state index is -1.24. The number of hydrazone groups is 1.